The summed E-state index contributed by atoms with van der Waals surface area (Å²) < 4.78 is 6.23. The van der Waals surface area contributed by atoms with Crippen LogP contribution in [-0.4, -0.2) is 23.4 Å². The maximum absolute atomic E-state index is 7.62. The number of benzene rings is 2. The Hall–Kier alpha value is -1.84. The van der Waals surface area contributed by atoms with Gasteiger partial charge in [-0.15, -0.1) is 0 Å². The summed E-state index contributed by atoms with van der Waals surface area (Å²) in [6, 6.07) is 16.8. The molecule has 0 atom stereocenters. The molecule has 3 nitrogen and oxygen atoms in total. The van der Waals surface area contributed by atoms with E-state index in [2.05, 4.69) is 62.4 Å². The number of unbranched alkanes of at least 4 members (excludes halogenated alkanes) is 2. The van der Waals surface area contributed by atoms with Crippen LogP contribution in [0.4, 0.5) is 0 Å². The molecule has 0 aromatic heterocycles. The van der Waals surface area contributed by atoms with Crippen LogP contribution in [0.2, 0.25) is 0 Å². The van der Waals surface area contributed by atoms with Crippen molar-refractivity contribution in [2.45, 2.75) is 52.4 Å². The maximum atomic E-state index is 7.62. The first-order valence-electron chi connectivity index (χ1n) is 9.32. The second kappa shape index (κ2) is 13.5. The van der Waals surface area contributed by atoms with E-state index in [4.69, 9.17) is 14.9 Å². The van der Waals surface area contributed by atoms with E-state index in [-0.39, 0.29) is 13.2 Å². The van der Waals surface area contributed by atoms with Crippen molar-refractivity contribution in [3.8, 4) is 11.5 Å². The monoisotopic (exact) mass is 344 g/mol. The summed E-state index contributed by atoms with van der Waals surface area (Å²) in [5.41, 5.74) is 2.62. The molecule has 0 aliphatic heterocycles. The predicted octanol–water partition coefficient (Wildman–Crippen LogP) is 5.14. The lowest BCUT2D eigenvalue weighted by molar-refractivity contribution is 0.186. The van der Waals surface area contributed by atoms with Crippen LogP contribution in [0, 0.1) is 0 Å². The van der Waals surface area contributed by atoms with Crippen LogP contribution in [0.25, 0.3) is 0 Å². The maximum Gasteiger partial charge on any atom is 0.130 e. The van der Waals surface area contributed by atoms with Crippen molar-refractivity contribution in [2.75, 3.05) is 13.2 Å². The number of aryl methyl sites for hydroxylation is 2. The standard InChI is InChI=1S/C20H26O.C2H6O2/c1-3-5-11-17-13-7-9-15-19(17)21-20-16-10-8-14-18(20)12-6-4-2;3-1-2-4/h7-10,13-16H,3-6,11-12H2,1-2H3;3-4H,1-2H2. The van der Waals surface area contributed by atoms with Crippen LogP contribution in [0.15, 0.2) is 48.5 Å². The van der Waals surface area contributed by atoms with Gasteiger partial charge in [-0.25, -0.2) is 0 Å². The van der Waals surface area contributed by atoms with Crippen LogP contribution in [0.3, 0.4) is 0 Å². The van der Waals surface area contributed by atoms with Gasteiger partial charge in [0.1, 0.15) is 11.5 Å². The summed E-state index contributed by atoms with van der Waals surface area (Å²) in [5, 5.41) is 15.2. The molecule has 0 aliphatic rings. The Morgan fingerprint density at radius 3 is 1.44 bits per heavy atom. The lowest BCUT2D eigenvalue weighted by atomic mass is 10.1. The third-order valence-corrected chi connectivity index (χ3v) is 3.86. The van der Waals surface area contributed by atoms with Gasteiger partial charge in [-0.3, -0.25) is 0 Å². The average Bonchev–Trinajstić information content (AvgIpc) is 2.67. The highest BCUT2D eigenvalue weighted by Gasteiger charge is 2.07. The van der Waals surface area contributed by atoms with Gasteiger partial charge in [-0.05, 0) is 48.9 Å². The Balaban J connectivity index is 0.000000705. The normalized spacial score (nSPS) is 10.1. The highest BCUT2D eigenvalue weighted by Crippen LogP contribution is 2.29. The van der Waals surface area contributed by atoms with Gasteiger partial charge in [0, 0.05) is 0 Å². The van der Waals surface area contributed by atoms with E-state index in [0.29, 0.717) is 0 Å². The van der Waals surface area contributed by atoms with E-state index in [1.165, 1.54) is 36.8 Å². The molecule has 0 unspecified atom stereocenters. The minimum atomic E-state index is -0.125. The molecule has 0 bridgehead atoms. The van der Waals surface area contributed by atoms with Crippen LogP contribution >= 0.6 is 0 Å². The molecular weight excluding hydrogens is 312 g/mol. The molecule has 0 amide bonds. The van der Waals surface area contributed by atoms with Crippen LogP contribution in [0.1, 0.15) is 50.7 Å². The van der Waals surface area contributed by atoms with Crippen molar-refractivity contribution in [3.63, 3.8) is 0 Å². The quantitative estimate of drug-likeness (QED) is 0.662. The Morgan fingerprint density at radius 2 is 1.08 bits per heavy atom. The molecule has 2 rings (SSSR count). The Kier molecular flexibility index (Phi) is 11.4. The second-order valence-corrected chi connectivity index (χ2v) is 5.97. The van der Waals surface area contributed by atoms with Gasteiger partial charge in [-0.2, -0.15) is 0 Å². The van der Waals surface area contributed by atoms with Crippen molar-refractivity contribution in [3.05, 3.63) is 59.7 Å². The summed E-state index contributed by atoms with van der Waals surface area (Å²) in [6.45, 7) is 4.20. The second-order valence-electron chi connectivity index (χ2n) is 5.97. The van der Waals surface area contributed by atoms with Gasteiger partial charge in [0.05, 0.1) is 13.2 Å². The lowest BCUT2D eigenvalue weighted by Gasteiger charge is -2.14. The first-order chi connectivity index (χ1) is 12.3. The summed E-state index contributed by atoms with van der Waals surface area (Å²) in [7, 11) is 0. The summed E-state index contributed by atoms with van der Waals surface area (Å²) in [6.07, 6.45) is 7.01. The molecule has 0 fully saturated rings. The molecule has 3 heteroatoms. The van der Waals surface area contributed by atoms with Gasteiger partial charge >= 0.3 is 0 Å². The Bertz CT molecular complexity index is 529. The molecule has 0 spiro atoms. The third-order valence-electron chi connectivity index (χ3n) is 3.86. The number of para-hydroxylation sites is 2. The third kappa shape index (κ3) is 8.19. The zero-order valence-corrected chi connectivity index (χ0v) is 15.6. The highest BCUT2D eigenvalue weighted by molar-refractivity contribution is 5.41. The zero-order valence-electron chi connectivity index (χ0n) is 15.6. The summed E-state index contributed by atoms with van der Waals surface area (Å²) in [4.78, 5) is 0. The molecular formula is C22H32O3. The minimum Gasteiger partial charge on any atom is -0.457 e. The van der Waals surface area contributed by atoms with Crippen molar-refractivity contribution in [1.29, 1.82) is 0 Å². The number of aliphatic hydroxyl groups is 2. The first kappa shape index (κ1) is 21.2. The van der Waals surface area contributed by atoms with Crippen LogP contribution in [0.5, 0.6) is 11.5 Å². The van der Waals surface area contributed by atoms with E-state index in [1.54, 1.807) is 0 Å². The molecule has 2 aromatic rings. The van der Waals surface area contributed by atoms with E-state index in [1.807, 2.05) is 0 Å². The van der Waals surface area contributed by atoms with E-state index in [9.17, 15) is 0 Å². The van der Waals surface area contributed by atoms with Crippen molar-refractivity contribution >= 4 is 0 Å². The fourth-order valence-electron chi connectivity index (χ4n) is 2.47. The largest absolute Gasteiger partial charge is 0.457 e. The molecule has 0 radical (unpaired) electrons. The van der Waals surface area contributed by atoms with Gasteiger partial charge in [-0.1, -0.05) is 63.1 Å². The molecule has 138 valence electrons. The summed E-state index contributed by atoms with van der Waals surface area (Å²) >= 11 is 0. The SMILES string of the molecule is CCCCc1ccccc1Oc1ccccc1CCCC.OCCO. The average molecular weight is 344 g/mol. The number of aliphatic hydroxyl groups excluding tert-OH is 2. The lowest BCUT2D eigenvalue weighted by Crippen LogP contribution is -1.95. The molecule has 2 aromatic carbocycles. The van der Waals surface area contributed by atoms with Gasteiger partial charge in [0.15, 0.2) is 0 Å². The molecule has 0 saturated carbocycles. The number of hydrogen-bond donors (Lipinski definition) is 2. The van der Waals surface area contributed by atoms with Crippen LogP contribution < -0.4 is 4.74 Å². The number of rotatable bonds is 9. The Labute approximate surface area is 152 Å². The first-order valence-corrected chi connectivity index (χ1v) is 9.32. The van der Waals surface area contributed by atoms with Crippen molar-refractivity contribution in [1.82, 2.24) is 0 Å². The molecule has 25 heavy (non-hydrogen) atoms. The molecule has 0 aliphatic carbocycles. The van der Waals surface area contributed by atoms with E-state index in [0.717, 1.165) is 24.3 Å². The van der Waals surface area contributed by atoms with Gasteiger partial charge in [0.2, 0.25) is 0 Å². The van der Waals surface area contributed by atoms with Gasteiger partial charge in [0.25, 0.3) is 0 Å². The zero-order chi connectivity index (χ0) is 18.3. The van der Waals surface area contributed by atoms with Crippen molar-refractivity contribution < 1.29 is 14.9 Å². The van der Waals surface area contributed by atoms with Gasteiger partial charge < -0.3 is 14.9 Å². The highest BCUT2D eigenvalue weighted by atomic mass is 16.5. The topological polar surface area (TPSA) is 49.7 Å². The van der Waals surface area contributed by atoms with E-state index >= 15 is 0 Å². The minimum absolute atomic E-state index is 0.125. The van der Waals surface area contributed by atoms with Crippen molar-refractivity contribution in [2.24, 2.45) is 0 Å². The van der Waals surface area contributed by atoms with Crippen LogP contribution in [-0.2, 0) is 12.8 Å². The van der Waals surface area contributed by atoms with E-state index < -0.39 is 0 Å². The smallest absolute Gasteiger partial charge is 0.130 e. The Morgan fingerprint density at radius 1 is 0.680 bits per heavy atom. The number of ether oxygens (including phenoxy) is 1. The molecule has 0 heterocycles. The number of hydrogen-bond acceptors (Lipinski definition) is 3. The fourth-order valence-corrected chi connectivity index (χ4v) is 2.47. The molecule has 2 N–H and O–H groups in total. The fraction of sp³-hybridized carbons (Fsp3) is 0.455. The predicted molar refractivity (Wildman–Crippen MR) is 104 cm³/mol. The molecule has 0 saturated heterocycles. The summed E-state index contributed by atoms with van der Waals surface area (Å²) in [5.74, 6) is 2.02.